The number of nitrogens with two attached hydrogens (primary N) is 1. The minimum Gasteiger partial charge on any atom is -0.397 e. The van der Waals surface area contributed by atoms with Crippen molar-refractivity contribution in [2.45, 2.75) is 33.7 Å². The van der Waals surface area contributed by atoms with Gasteiger partial charge in [-0.15, -0.1) is 11.3 Å². The molecule has 2 heterocycles. The number of aromatic nitrogens is 1. The van der Waals surface area contributed by atoms with Crippen LogP contribution in [0.1, 0.15) is 34.8 Å². The smallest absolute Gasteiger partial charge is 0.263 e. The summed E-state index contributed by atoms with van der Waals surface area (Å²) >= 11 is 3.18. The molecule has 2 rings (SSSR count). The maximum atomic E-state index is 12.4. The van der Waals surface area contributed by atoms with Crippen LogP contribution in [0.5, 0.6) is 0 Å². The average molecular weight is 323 g/mol. The number of hydrogen-bond donors (Lipinski definition) is 2. The van der Waals surface area contributed by atoms with E-state index in [9.17, 15) is 4.79 Å². The van der Waals surface area contributed by atoms with Gasteiger partial charge in [-0.25, -0.2) is 4.98 Å². The lowest BCUT2D eigenvalue weighted by Crippen LogP contribution is -2.34. The van der Waals surface area contributed by atoms with Crippen LogP contribution >= 0.6 is 23.1 Å². The zero-order chi connectivity index (χ0) is 15.6. The Morgan fingerprint density at radius 2 is 2.24 bits per heavy atom. The molecule has 4 nitrogen and oxygen atoms in total. The number of carbonyl (C=O) groups is 1. The number of nitrogens with zero attached hydrogens (tertiary/aromatic N) is 1. The molecule has 0 spiro atoms. The van der Waals surface area contributed by atoms with Gasteiger partial charge in [0.2, 0.25) is 0 Å². The van der Waals surface area contributed by atoms with Gasteiger partial charge in [-0.1, -0.05) is 6.92 Å². The van der Waals surface area contributed by atoms with Crippen molar-refractivity contribution < 1.29 is 4.79 Å². The van der Waals surface area contributed by atoms with Crippen molar-refractivity contribution >= 4 is 44.9 Å². The summed E-state index contributed by atoms with van der Waals surface area (Å²) in [5, 5.41) is 3.92. The van der Waals surface area contributed by atoms with Gasteiger partial charge in [0.15, 0.2) is 0 Å². The molecule has 114 valence electrons. The van der Waals surface area contributed by atoms with Crippen LogP contribution in [-0.2, 0) is 0 Å². The molecule has 0 radical (unpaired) electrons. The van der Waals surface area contributed by atoms with Gasteiger partial charge in [0.05, 0.1) is 5.69 Å². The predicted molar refractivity (Wildman–Crippen MR) is 93.4 cm³/mol. The summed E-state index contributed by atoms with van der Waals surface area (Å²) in [6, 6.07) is 2.12. The minimum atomic E-state index is -0.100. The summed E-state index contributed by atoms with van der Waals surface area (Å²) in [4.78, 5) is 18.3. The third-order valence-electron chi connectivity index (χ3n) is 3.18. The van der Waals surface area contributed by atoms with Gasteiger partial charge in [-0.2, -0.15) is 11.8 Å². The standard InChI is InChI=1S/C15H21N3OS2/c1-5-20-7-10(4)17-14(19)13-12(16)11-8(2)6-9(3)18-15(11)21-13/h6,10H,5,7,16H2,1-4H3,(H,17,19). The average Bonchev–Trinajstić information content (AvgIpc) is 2.73. The summed E-state index contributed by atoms with van der Waals surface area (Å²) in [5.74, 6) is 1.86. The van der Waals surface area contributed by atoms with Crippen molar-refractivity contribution in [3.63, 3.8) is 0 Å². The fourth-order valence-electron chi connectivity index (χ4n) is 2.26. The molecule has 0 aliphatic rings. The number of hydrogen-bond acceptors (Lipinski definition) is 5. The van der Waals surface area contributed by atoms with Crippen LogP contribution in [0, 0.1) is 13.8 Å². The number of nitrogens with one attached hydrogen (secondary N) is 1. The first-order valence-corrected chi connectivity index (χ1v) is 8.96. The summed E-state index contributed by atoms with van der Waals surface area (Å²) in [7, 11) is 0. The molecule has 1 atom stereocenters. The lowest BCUT2D eigenvalue weighted by atomic mass is 10.1. The van der Waals surface area contributed by atoms with Crippen LogP contribution in [0.15, 0.2) is 6.07 Å². The first-order valence-electron chi connectivity index (χ1n) is 6.98. The molecule has 1 unspecified atom stereocenters. The molecule has 0 fully saturated rings. The summed E-state index contributed by atoms with van der Waals surface area (Å²) in [5.41, 5.74) is 8.73. The van der Waals surface area contributed by atoms with Crippen LogP contribution in [0.3, 0.4) is 0 Å². The second kappa shape index (κ2) is 6.66. The highest BCUT2D eigenvalue weighted by atomic mass is 32.2. The zero-order valence-electron chi connectivity index (χ0n) is 12.8. The third-order valence-corrected chi connectivity index (χ3v) is 5.42. The Labute approximate surface area is 133 Å². The second-order valence-corrected chi connectivity index (χ2v) is 7.46. The van der Waals surface area contributed by atoms with E-state index in [0.717, 1.165) is 33.0 Å². The highest BCUT2D eigenvalue weighted by Crippen LogP contribution is 2.34. The normalized spacial score (nSPS) is 12.6. The molecule has 1 amide bonds. The Bertz CT molecular complexity index is 666. The zero-order valence-corrected chi connectivity index (χ0v) is 14.5. The van der Waals surface area contributed by atoms with E-state index in [-0.39, 0.29) is 11.9 Å². The molecular formula is C15H21N3OS2. The van der Waals surface area contributed by atoms with Gasteiger partial charge in [-0.05, 0) is 38.2 Å². The van der Waals surface area contributed by atoms with Gasteiger partial charge in [0, 0.05) is 22.9 Å². The fourth-order valence-corrected chi connectivity index (χ4v) is 4.06. The molecule has 3 N–H and O–H groups in total. The molecule has 2 aromatic rings. The number of carbonyl (C=O) groups excluding carboxylic acids is 1. The molecule has 2 aromatic heterocycles. The quantitative estimate of drug-likeness (QED) is 0.885. The van der Waals surface area contributed by atoms with E-state index in [0.29, 0.717) is 10.6 Å². The Kier molecular flexibility index (Phi) is 5.11. The van der Waals surface area contributed by atoms with Crippen molar-refractivity contribution in [3.05, 3.63) is 22.2 Å². The van der Waals surface area contributed by atoms with E-state index in [1.165, 1.54) is 11.3 Å². The van der Waals surface area contributed by atoms with Crippen molar-refractivity contribution in [1.29, 1.82) is 0 Å². The summed E-state index contributed by atoms with van der Waals surface area (Å²) < 4.78 is 0. The second-order valence-electron chi connectivity index (χ2n) is 5.14. The Morgan fingerprint density at radius 1 is 1.52 bits per heavy atom. The summed E-state index contributed by atoms with van der Waals surface area (Å²) in [6.07, 6.45) is 0. The van der Waals surface area contributed by atoms with Crippen molar-refractivity contribution in [2.75, 3.05) is 17.2 Å². The number of thioether (sulfide) groups is 1. The Balaban J connectivity index is 2.28. The van der Waals surface area contributed by atoms with E-state index in [2.05, 4.69) is 17.2 Å². The lowest BCUT2D eigenvalue weighted by molar-refractivity contribution is 0.0948. The number of rotatable bonds is 5. The number of fused-ring (bicyclic) bond motifs is 1. The Morgan fingerprint density at radius 3 is 2.90 bits per heavy atom. The molecule has 6 heteroatoms. The molecule has 0 saturated carbocycles. The van der Waals surface area contributed by atoms with E-state index in [4.69, 9.17) is 5.73 Å². The largest absolute Gasteiger partial charge is 0.397 e. The first-order chi connectivity index (χ1) is 9.93. The van der Waals surface area contributed by atoms with Gasteiger partial charge >= 0.3 is 0 Å². The van der Waals surface area contributed by atoms with E-state index in [1.54, 1.807) is 0 Å². The number of nitrogen functional groups attached to an aromatic ring is 1. The lowest BCUT2D eigenvalue weighted by Gasteiger charge is -2.12. The highest BCUT2D eigenvalue weighted by molar-refractivity contribution is 7.99. The van der Waals surface area contributed by atoms with Gasteiger partial charge < -0.3 is 11.1 Å². The Hall–Kier alpha value is -1.27. The SMILES string of the molecule is CCSCC(C)NC(=O)c1sc2nc(C)cc(C)c2c1N. The van der Waals surface area contributed by atoms with Gasteiger partial charge in [-0.3, -0.25) is 4.79 Å². The van der Waals surface area contributed by atoms with Crippen LogP contribution in [-0.4, -0.2) is 28.4 Å². The maximum absolute atomic E-state index is 12.4. The van der Waals surface area contributed by atoms with Crippen molar-refractivity contribution in [2.24, 2.45) is 0 Å². The minimum absolute atomic E-state index is 0.100. The van der Waals surface area contributed by atoms with Crippen molar-refractivity contribution in [3.8, 4) is 0 Å². The fraction of sp³-hybridized carbons (Fsp3) is 0.467. The van der Waals surface area contributed by atoms with Crippen LogP contribution in [0.4, 0.5) is 5.69 Å². The monoisotopic (exact) mass is 323 g/mol. The third kappa shape index (κ3) is 3.49. The topological polar surface area (TPSA) is 68.0 Å². The van der Waals surface area contributed by atoms with E-state index < -0.39 is 0 Å². The van der Waals surface area contributed by atoms with Gasteiger partial charge in [0.1, 0.15) is 9.71 Å². The number of anilines is 1. The first kappa shape index (κ1) is 16.1. The van der Waals surface area contributed by atoms with Crippen LogP contribution in [0.25, 0.3) is 10.2 Å². The highest BCUT2D eigenvalue weighted by Gasteiger charge is 2.20. The molecule has 0 aromatic carbocycles. The molecule has 0 aliphatic carbocycles. The molecule has 0 bridgehead atoms. The maximum Gasteiger partial charge on any atom is 0.263 e. The van der Waals surface area contributed by atoms with Crippen LogP contribution in [0.2, 0.25) is 0 Å². The predicted octanol–water partition coefficient (Wildman–Crippen LogP) is 3.37. The number of amides is 1. The number of aryl methyl sites for hydroxylation is 2. The van der Waals surface area contributed by atoms with E-state index >= 15 is 0 Å². The molecule has 0 saturated heterocycles. The molecule has 21 heavy (non-hydrogen) atoms. The molecular weight excluding hydrogens is 302 g/mol. The van der Waals surface area contributed by atoms with Gasteiger partial charge in [0.25, 0.3) is 5.91 Å². The van der Waals surface area contributed by atoms with Crippen LogP contribution < -0.4 is 11.1 Å². The summed E-state index contributed by atoms with van der Waals surface area (Å²) in [6.45, 7) is 8.08. The van der Waals surface area contributed by atoms with Crippen molar-refractivity contribution in [1.82, 2.24) is 10.3 Å². The van der Waals surface area contributed by atoms with E-state index in [1.807, 2.05) is 38.6 Å². The molecule has 0 aliphatic heterocycles. The number of thiophene rings is 1. The number of pyridine rings is 1.